The van der Waals surface area contributed by atoms with Crippen LogP contribution in [0.4, 0.5) is 30.2 Å². The molecule has 4 N–H and O–H groups in total. The van der Waals surface area contributed by atoms with Crippen LogP contribution in [0.2, 0.25) is 5.02 Å². The Morgan fingerprint density at radius 3 is 2.37 bits per heavy atom. The van der Waals surface area contributed by atoms with Gasteiger partial charge in [-0.2, -0.15) is 5.26 Å². The largest absolute Gasteiger partial charge is 0.373 e. The molecule has 46 heavy (non-hydrogen) atoms. The number of nitrogens with one attached hydrogen (secondary N) is 4. The van der Waals surface area contributed by atoms with Gasteiger partial charge in [0, 0.05) is 60.3 Å². The van der Waals surface area contributed by atoms with Crippen LogP contribution in [-0.2, 0) is 0 Å². The molecule has 3 heterocycles. The molecule has 3 aromatic carbocycles. The molecule has 1 fully saturated rings. The number of benzene rings is 3. The van der Waals surface area contributed by atoms with Crippen molar-refractivity contribution in [2.75, 3.05) is 23.7 Å². The summed E-state index contributed by atoms with van der Waals surface area (Å²) in [6.07, 6.45) is 5.37. The lowest BCUT2D eigenvalue weighted by molar-refractivity contribution is 0.0570. The van der Waals surface area contributed by atoms with Crippen molar-refractivity contribution in [3.63, 3.8) is 0 Å². The lowest BCUT2D eigenvalue weighted by Crippen LogP contribution is -2.52. The number of halogens is 4. The number of anilines is 3. The molecular formula is C34H34ClF3N8. The summed E-state index contributed by atoms with van der Waals surface area (Å²) in [5.41, 5.74) is 9.06. The van der Waals surface area contributed by atoms with Crippen LogP contribution in [0.1, 0.15) is 50.8 Å². The second-order valence-corrected chi connectivity index (χ2v) is 12.9. The van der Waals surface area contributed by atoms with E-state index in [1.54, 1.807) is 12.1 Å². The van der Waals surface area contributed by atoms with Gasteiger partial charge in [-0.15, -0.1) is 5.53 Å². The normalized spacial score (nSPS) is 16.6. The van der Waals surface area contributed by atoms with Gasteiger partial charge in [-0.05, 0) is 51.3 Å². The third-order valence-corrected chi connectivity index (χ3v) is 8.76. The molecule has 0 saturated carbocycles. The molecule has 1 saturated heterocycles. The Labute approximate surface area is 270 Å². The average molecular weight is 647 g/mol. The zero-order valence-electron chi connectivity index (χ0n) is 25.6. The van der Waals surface area contributed by atoms with Crippen molar-refractivity contribution in [1.82, 2.24) is 25.9 Å². The summed E-state index contributed by atoms with van der Waals surface area (Å²) >= 11 is 6.71. The zero-order valence-corrected chi connectivity index (χ0v) is 26.4. The van der Waals surface area contributed by atoms with Crippen LogP contribution in [-0.4, -0.2) is 39.6 Å². The molecule has 12 heteroatoms. The van der Waals surface area contributed by atoms with E-state index in [0.29, 0.717) is 34.8 Å². The Balaban J connectivity index is 1.34. The molecule has 1 atom stereocenters. The monoisotopic (exact) mass is 646 g/mol. The van der Waals surface area contributed by atoms with E-state index in [9.17, 15) is 18.4 Å². The van der Waals surface area contributed by atoms with E-state index in [2.05, 4.69) is 63.5 Å². The molecule has 6 rings (SSSR count). The molecule has 0 spiro atoms. The first-order valence-electron chi connectivity index (χ1n) is 15.0. The third kappa shape index (κ3) is 6.42. The molecule has 238 valence electrons. The number of hydrogen-bond acceptors (Lipinski definition) is 8. The van der Waals surface area contributed by atoms with Crippen molar-refractivity contribution in [3.8, 4) is 6.07 Å². The molecule has 1 aromatic heterocycles. The van der Waals surface area contributed by atoms with E-state index in [-0.39, 0.29) is 27.9 Å². The number of hydrogen-bond donors (Lipinski definition) is 4. The minimum absolute atomic E-state index is 0.0287. The summed E-state index contributed by atoms with van der Waals surface area (Å²) < 4.78 is 42.9. The molecule has 4 aromatic rings. The summed E-state index contributed by atoms with van der Waals surface area (Å²) in [4.78, 5) is 6.84. The molecular weight excluding hydrogens is 613 g/mol. The van der Waals surface area contributed by atoms with E-state index >= 15 is 0 Å². The van der Waals surface area contributed by atoms with Crippen molar-refractivity contribution in [3.05, 3.63) is 106 Å². The van der Waals surface area contributed by atoms with Crippen LogP contribution in [0.25, 0.3) is 10.9 Å². The lowest BCUT2D eigenvalue weighted by atomic mass is 9.98. The molecule has 0 unspecified atom stereocenters. The minimum Gasteiger partial charge on any atom is -0.373 e. The Kier molecular flexibility index (Phi) is 8.70. The Morgan fingerprint density at radius 2 is 1.72 bits per heavy atom. The third-order valence-electron chi connectivity index (χ3n) is 8.47. The molecule has 8 nitrogen and oxygen atoms in total. The Morgan fingerprint density at radius 1 is 1.02 bits per heavy atom. The first-order valence-corrected chi connectivity index (χ1v) is 15.4. The van der Waals surface area contributed by atoms with E-state index in [0.717, 1.165) is 37.2 Å². The second kappa shape index (κ2) is 12.7. The van der Waals surface area contributed by atoms with Gasteiger partial charge in [0.1, 0.15) is 17.6 Å². The van der Waals surface area contributed by atoms with Crippen molar-refractivity contribution >= 4 is 39.6 Å². The van der Waals surface area contributed by atoms with Gasteiger partial charge in [0.05, 0.1) is 33.5 Å². The van der Waals surface area contributed by atoms with Gasteiger partial charge in [0.2, 0.25) is 0 Å². The topological polar surface area (TPSA) is 91.3 Å². The molecule has 0 radical (unpaired) electrons. The van der Waals surface area contributed by atoms with Crippen LogP contribution < -0.4 is 21.6 Å². The minimum atomic E-state index is -1.14. The van der Waals surface area contributed by atoms with Gasteiger partial charge in [-0.3, -0.25) is 14.9 Å². The van der Waals surface area contributed by atoms with Crippen LogP contribution in [0.3, 0.4) is 0 Å². The SMILES string of the molecule is CC(C)(C)N1CCC(N2C=C([C@@H](Nc3cc(Cl)c4ncc(C#N)c(Nc5c(F)cc(F)cc5F)c4c3)c3ccccc3)NN2)CC1. The summed E-state index contributed by atoms with van der Waals surface area (Å²) in [7, 11) is 0. The van der Waals surface area contributed by atoms with Crippen molar-refractivity contribution < 1.29 is 13.2 Å². The number of nitrogens with zero attached hydrogens (tertiary/aromatic N) is 4. The van der Waals surface area contributed by atoms with E-state index in [1.165, 1.54) is 6.20 Å². The number of nitriles is 1. The van der Waals surface area contributed by atoms with Gasteiger partial charge in [-0.1, -0.05) is 41.9 Å². The standard InChI is InChI=1S/C34H34ClF3N8/c1-34(2,3)45-11-9-24(10-12-45)46-19-29(43-44-46)31(20-7-5-4-6-8-20)41-23-15-25-30(21(17-39)18-40-32(25)26(35)16-23)42-33-27(37)13-22(36)14-28(33)38/h4-8,13-16,18-19,24,31,41,43-44H,9-12H2,1-3H3,(H,40,42)/t31-/m0/s1. The first-order chi connectivity index (χ1) is 22.0. The smallest absolute Gasteiger partial charge is 0.152 e. The predicted octanol–water partition coefficient (Wildman–Crippen LogP) is 7.50. The summed E-state index contributed by atoms with van der Waals surface area (Å²) in [6.45, 7) is 8.74. The average Bonchev–Trinajstić information content (AvgIpc) is 3.52. The number of hydrazine groups is 2. The number of likely N-dealkylation sites (tertiary alicyclic amines) is 1. The van der Waals surface area contributed by atoms with Gasteiger partial charge in [0.25, 0.3) is 0 Å². The van der Waals surface area contributed by atoms with Gasteiger partial charge in [0.15, 0.2) is 11.6 Å². The highest BCUT2D eigenvalue weighted by atomic mass is 35.5. The summed E-state index contributed by atoms with van der Waals surface area (Å²) in [5, 5.41) is 18.8. The second-order valence-electron chi connectivity index (χ2n) is 12.5. The fourth-order valence-corrected chi connectivity index (χ4v) is 6.27. The maximum absolute atomic E-state index is 14.7. The van der Waals surface area contributed by atoms with Crippen molar-refractivity contribution in [1.29, 1.82) is 5.26 Å². The number of piperidine rings is 1. The summed E-state index contributed by atoms with van der Waals surface area (Å²) in [6, 6.07) is 16.4. The Hall–Kier alpha value is -4.50. The number of fused-ring (bicyclic) bond motifs is 1. The fourth-order valence-electron chi connectivity index (χ4n) is 6.00. The van der Waals surface area contributed by atoms with Gasteiger partial charge < -0.3 is 16.1 Å². The highest BCUT2D eigenvalue weighted by Crippen LogP contribution is 2.38. The maximum Gasteiger partial charge on any atom is 0.152 e. The predicted molar refractivity (Wildman–Crippen MR) is 174 cm³/mol. The van der Waals surface area contributed by atoms with Crippen molar-refractivity contribution in [2.24, 2.45) is 0 Å². The van der Waals surface area contributed by atoms with Crippen LogP contribution in [0.15, 0.2) is 72.7 Å². The maximum atomic E-state index is 14.7. The van der Waals surface area contributed by atoms with Gasteiger partial charge >= 0.3 is 0 Å². The molecule has 0 bridgehead atoms. The van der Waals surface area contributed by atoms with Crippen molar-refractivity contribution in [2.45, 2.75) is 51.2 Å². The van der Waals surface area contributed by atoms with Crippen LogP contribution in [0, 0.1) is 28.8 Å². The first kappa shape index (κ1) is 31.5. The quantitative estimate of drug-likeness (QED) is 0.164. The van der Waals surface area contributed by atoms with E-state index in [4.69, 9.17) is 11.6 Å². The molecule has 2 aliphatic rings. The molecule has 0 aliphatic carbocycles. The molecule has 2 aliphatic heterocycles. The highest BCUT2D eigenvalue weighted by Gasteiger charge is 2.32. The van der Waals surface area contributed by atoms with E-state index in [1.807, 2.05) is 36.4 Å². The van der Waals surface area contributed by atoms with Gasteiger partial charge in [-0.25, -0.2) is 13.2 Å². The zero-order chi connectivity index (χ0) is 32.6. The number of aromatic nitrogens is 1. The van der Waals surface area contributed by atoms with Crippen LogP contribution >= 0.6 is 11.6 Å². The number of rotatable bonds is 7. The van der Waals surface area contributed by atoms with E-state index < -0.39 is 23.1 Å². The fraction of sp³-hybridized carbons (Fsp3) is 0.294. The lowest BCUT2D eigenvalue weighted by Gasteiger charge is -2.42. The Bertz CT molecular complexity index is 1810. The molecule has 0 amide bonds. The van der Waals surface area contributed by atoms with Crippen LogP contribution in [0.5, 0.6) is 0 Å². The highest BCUT2D eigenvalue weighted by molar-refractivity contribution is 6.36. The number of pyridine rings is 1. The summed E-state index contributed by atoms with van der Waals surface area (Å²) in [5.74, 6) is -3.34.